The first kappa shape index (κ1) is 21.5. The van der Waals surface area contributed by atoms with Gasteiger partial charge in [0.05, 0.1) is 12.8 Å². The number of fused-ring (bicyclic) bond motifs is 3. The van der Waals surface area contributed by atoms with Crippen LogP contribution >= 0.6 is 0 Å². The Hall–Kier alpha value is -4.39. The second-order valence-electron chi connectivity index (χ2n) is 8.23. The number of hydrogen-bond donors (Lipinski definition) is 1. The normalized spacial score (nSPS) is 11.1. The van der Waals surface area contributed by atoms with E-state index in [1.165, 1.54) is 4.68 Å². The second kappa shape index (κ2) is 8.51. The molecule has 0 fully saturated rings. The lowest BCUT2D eigenvalue weighted by Crippen LogP contribution is -2.30. The van der Waals surface area contributed by atoms with Gasteiger partial charge in [-0.05, 0) is 42.8 Å². The van der Waals surface area contributed by atoms with Crippen LogP contribution in [0.15, 0.2) is 77.6 Å². The van der Waals surface area contributed by atoms with Crippen LogP contribution in [0.3, 0.4) is 0 Å². The molecule has 0 radical (unpaired) electrons. The number of amides is 1. The van der Waals surface area contributed by atoms with Crippen molar-refractivity contribution < 1.29 is 9.53 Å². The molecule has 170 valence electrons. The lowest BCUT2D eigenvalue weighted by molar-refractivity contribution is 0.0946. The molecular formula is C27H24N4O3. The Morgan fingerprint density at radius 2 is 1.71 bits per heavy atom. The van der Waals surface area contributed by atoms with Crippen molar-refractivity contribution in [2.75, 3.05) is 7.11 Å². The zero-order valence-electron chi connectivity index (χ0n) is 19.2. The Labute approximate surface area is 196 Å². The van der Waals surface area contributed by atoms with Crippen LogP contribution in [0.5, 0.6) is 5.75 Å². The van der Waals surface area contributed by atoms with Gasteiger partial charge in [0, 0.05) is 29.9 Å². The molecule has 0 bridgehead atoms. The molecule has 0 aliphatic carbocycles. The molecule has 0 aliphatic rings. The average Bonchev–Trinajstić information content (AvgIpc) is 3.17. The van der Waals surface area contributed by atoms with Crippen LogP contribution < -0.4 is 15.6 Å². The van der Waals surface area contributed by atoms with E-state index in [0.29, 0.717) is 23.1 Å². The highest BCUT2D eigenvalue weighted by Crippen LogP contribution is 2.28. The number of aryl methyl sites for hydroxylation is 2. The lowest BCUT2D eigenvalue weighted by Gasteiger charge is -2.11. The van der Waals surface area contributed by atoms with E-state index in [9.17, 15) is 9.59 Å². The number of nitrogens with zero attached hydrogens (tertiary/aromatic N) is 3. The molecule has 2 aromatic heterocycles. The third-order valence-electron chi connectivity index (χ3n) is 6.04. The van der Waals surface area contributed by atoms with Crippen LogP contribution in [0.25, 0.3) is 27.5 Å². The fraction of sp³-hybridized carbons (Fsp3) is 0.148. The summed E-state index contributed by atoms with van der Waals surface area (Å²) in [5, 5.41) is 8.89. The fourth-order valence-electron chi connectivity index (χ4n) is 4.21. The standard InChI is InChI=1S/C27H24N4O3/c1-17-8-12-19(13-9-17)31-27(33)25-23(21-6-4-5-7-22(21)30(25)2)24(29-31)26(32)28-16-18-10-14-20(34-3)15-11-18/h4-15H,16H2,1-3H3,(H,28,32). The summed E-state index contributed by atoms with van der Waals surface area (Å²) >= 11 is 0. The first-order chi connectivity index (χ1) is 16.5. The highest BCUT2D eigenvalue weighted by atomic mass is 16.5. The van der Waals surface area contributed by atoms with Gasteiger partial charge in [0.25, 0.3) is 11.5 Å². The molecule has 1 N–H and O–H groups in total. The fourth-order valence-corrected chi connectivity index (χ4v) is 4.21. The summed E-state index contributed by atoms with van der Waals surface area (Å²) < 4.78 is 8.34. The monoisotopic (exact) mass is 452 g/mol. The molecule has 7 nitrogen and oxygen atoms in total. The van der Waals surface area contributed by atoms with E-state index in [-0.39, 0.29) is 17.2 Å². The van der Waals surface area contributed by atoms with E-state index in [2.05, 4.69) is 10.4 Å². The number of aromatic nitrogens is 3. The van der Waals surface area contributed by atoms with Gasteiger partial charge in [-0.3, -0.25) is 9.59 Å². The van der Waals surface area contributed by atoms with Gasteiger partial charge in [-0.2, -0.15) is 9.78 Å². The molecule has 0 aliphatic heterocycles. The van der Waals surface area contributed by atoms with Crippen molar-refractivity contribution in [2.24, 2.45) is 7.05 Å². The second-order valence-corrected chi connectivity index (χ2v) is 8.23. The molecule has 34 heavy (non-hydrogen) atoms. The minimum absolute atomic E-state index is 0.209. The maximum atomic E-state index is 13.6. The van der Waals surface area contributed by atoms with Gasteiger partial charge in [0.15, 0.2) is 5.69 Å². The summed E-state index contributed by atoms with van der Waals surface area (Å²) in [4.78, 5) is 27.0. The molecule has 7 heteroatoms. The van der Waals surface area contributed by atoms with Gasteiger partial charge in [-0.1, -0.05) is 48.0 Å². The topological polar surface area (TPSA) is 78.2 Å². The van der Waals surface area contributed by atoms with Crippen LogP contribution in [0.1, 0.15) is 21.6 Å². The quantitative estimate of drug-likeness (QED) is 0.435. The molecule has 0 unspecified atom stereocenters. The number of benzene rings is 3. The predicted molar refractivity (Wildman–Crippen MR) is 133 cm³/mol. The van der Waals surface area contributed by atoms with Gasteiger partial charge < -0.3 is 14.6 Å². The van der Waals surface area contributed by atoms with E-state index in [0.717, 1.165) is 27.8 Å². The number of carbonyl (C=O) groups is 1. The number of ether oxygens (including phenoxy) is 1. The molecule has 0 spiro atoms. The highest BCUT2D eigenvalue weighted by Gasteiger charge is 2.23. The minimum Gasteiger partial charge on any atom is -0.497 e. The third kappa shape index (κ3) is 3.61. The Morgan fingerprint density at radius 1 is 1.00 bits per heavy atom. The molecule has 3 aromatic carbocycles. The van der Waals surface area contributed by atoms with E-state index < -0.39 is 0 Å². The van der Waals surface area contributed by atoms with Crippen molar-refractivity contribution in [2.45, 2.75) is 13.5 Å². The molecule has 0 atom stereocenters. The molecule has 1 amide bonds. The van der Waals surface area contributed by atoms with Crippen LogP contribution in [0, 0.1) is 6.92 Å². The van der Waals surface area contributed by atoms with Crippen LogP contribution in [-0.4, -0.2) is 27.4 Å². The Kier molecular flexibility index (Phi) is 5.37. The van der Waals surface area contributed by atoms with E-state index in [4.69, 9.17) is 4.74 Å². The number of para-hydroxylation sites is 1. The van der Waals surface area contributed by atoms with Gasteiger partial charge in [-0.15, -0.1) is 0 Å². The molecule has 5 aromatic rings. The van der Waals surface area contributed by atoms with Crippen LogP contribution in [0.2, 0.25) is 0 Å². The van der Waals surface area contributed by atoms with Crippen molar-refractivity contribution in [1.82, 2.24) is 19.7 Å². The average molecular weight is 453 g/mol. The summed E-state index contributed by atoms with van der Waals surface area (Å²) in [5.41, 5.74) is 3.83. The number of hydrogen-bond acceptors (Lipinski definition) is 4. The summed E-state index contributed by atoms with van der Waals surface area (Å²) in [6.07, 6.45) is 0. The maximum absolute atomic E-state index is 13.6. The maximum Gasteiger partial charge on any atom is 0.296 e. The van der Waals surface area contributed by atoms with Crippen molar-refractivity contribution in [1.29, 1.82) is 0 Å². The first-order valence-electron chi connectivity index (χ1n) is 11.0. The summed E-state index contributed by atoms with van der Waals surface area (Å²) in [6.45, 7) is 2.30. The highest BCUT2D eigenvalue weighted by molar-refractivity contribution is 6.16. The zero-order chi connectivity index (χ0) is 23.8. The predicted octanol–water partition coefficient (Wildman–Crippen LogP) is 4.12. The van der Waals surface area contributed by atoms with Crippen molar-refractivity contribution in [3.05, 3.63) is 100.0 Å². The number of rotatable bonds is 5. The van der Waals surface area contributed by atoms with Gasteiger partial charge >= 0.3 is 0 Å². The van der Waals surface area contributed by atoms with E-state index in [1.807, 2.05) is 91.3 Å². The molecule has 0 saturated heterocycles. The largest absolute Gasteiger partial charge is 0.497 e. The summed E-state index contributed by atoms with van der Waals surface area (Å²) in [6, 6.07) is 22.6. The Morgan fingerprint density at radius 3 is 2.41 bits per heavy atom. The zero-order valence-corrected chi connectivity index (χ0v) is 19.2. The number of nitrogens with one attached hydrogen (secondary N) is 1. The Balaban J connectivity index is 1.66. The number of methoxy groups -OCH3 is 1. The molecule has 0 saturated carbocycles. The van der Waals surface area contributed by atoms with Gasteiger partial charge in [-0.25, -0.2) is 0 Å². The first-order valence-corrected chi connectivity index (χ1v) is 11.0. The van der Waals surface area contributed by atoms with Crippen molar-refractivity contribution >= 4 is 27.7 Å². The summed E-state index contributed by atoms with van der Waals surface area (Å²) in [5.74, 6) is 0.400. The minimum atomic E-state index is -0.349. The summed E-state index contributed by atoms with van der Waals surface area (Å²) in [7, 11) is 3.45. The Bertz CT molecular complexity index is 1580. The van der Waals surface area contributed by atoms with Crippen molar-refractivity contribution in [3.63, 3.8) is 0 Å². The van der Waals surface area contributed by atoms with E-state index >= 15 is 0 Å². The smallest absolute Gasteiger partial charge is 0.296 e. The van der Waals surface area contributed by atoms with Crippen LogP contribution in [-0.2, 0) is 13.6 Å². The molecule has 5 rings (SSSR count). The number of carbonyl (C=O) groups excluding carboxylic acids is 1. The SMILES string of the molecule is COc1ccc(CNC(=O)c2nn(-c3ccc(C)cc3)c(=O)c3c2c2ccccc2n3C)cc1. The third-order valence-corrected chi connectivity index (χ3v) is 6.04. The van der Waals surface area contributed by atoms with Crippen molar-refractivity contribution in [3.8, 4) is 11.4 Å². The molecule has 2 heterocycles. The van der Waals surface area contributed by atoms with Crippen LogP contribution in [0.4, 0.5) is 0 Å². The van der Waals surface area contributed by atoms with E-state index in [1.54, 1.807) is 7.11 Å². The van der Waals surface area contributed by atoms with Gasteiger partial charge in [0.2, 0.25) is 0 Å². The van der Waals surface area contributed by atoms with Gasteiger partial charge in [0.1, 0.15) is 11.3 Å². The molecular weight excluding hydrogens is 428 g/mol. The lowest BCUT2D eigenvalue weighted by atomic mass is 10.1.